The second kappa shape index (κ2) is 5.10. The Balaban J connectivity index is 1.63. The van der Waals surface area contributed by atoms with Crippen molar-refractivity contribution in [2.75, 3.05) is 24.1 Å². The average molecular weight is 256 g/mol. The maximum absolute atomic E-state index is 8.79. The van der Waals surface area contributed by atoms with Gasteiger partial charge in [0, 0.05) is 36.5 Å². The zero-order valence-corrected chi connectivity index (χ0v) is 11.1. The molecule has 1 aliphatic carbocycles. The molecular weight excluding hydrogens is 236 g/mol. The van der Waals surface area contributed by atoms with Gasteiger partial charge in [-0.15, -0.1) is 0 Å². The molecule has 100 valence electrons. The summed E-state index contributed by atoms with van der Waals surface area (Å²) in [6.45, 7) is 2.35. The number of benzene rings is 1. The minimum atomic E-state index is 0.375. The zero-order valence-electron chi connectivity index (χ0n) is 11.1. The molecule has 3 rings (SSSR count). The molecule has 19 heavy (non-hydrogen) atoms. The molecule has 1 aromatic carbocycles. The summed E-state index contributed by atoms with van der Waals surface area (Å²) in [6.07, 6.45) is 4.33. The molecule has 4 nitrogen and oxygen atoms in total. The van der Waals surface area contributed by atoms with E-state index in [0.29, 0.717) is 18.2 Å². The molecule has 1 saturated heterocycles. The van der Waals surface area contributed by atoms with Crippen molar-refractivity contribution >= 4 is 11.4 Å². The van der Waals surface area contributed by atoms with Crippen molar-refractivity contribution < 1.29 is 0 Å². The number of nitrogens with one attached hydrogen (secondary N) is 1. The number of nitrogen functional groups attached to an aromatic ring is 1. The molecular formula is C15H20N4. The number of nitrogens with zero attached hydrogens (tertiary/aromatic N) is 2. The molecule has 2 fully saturated rings. The van der Waals surface area contributed by atoms with Crippen LogP contribution in [-0.2, 0) is 6.42 Å². The third-order valence-corrected chi connectivity index (χ3v) is 4.07. The van der Waals surface area contributed by atoms with E-state index in [-0.39, 0.29) is 0 Å². The average Bonchev–Trinajstić information content (AvgIpc) is 3.15. The minimum Gasteiger partial charge on any atom is -0.398 e. The molecule has 0 bridgehead atoms. The van der Waals surface area contributed by atoms with E-state index in [1.807, 2.05) is 18.2 Å². The third kappa shape index (κ3) is 2.82. The first-order valence-corrected chi connectivity index (χ1v) is 7.02. The van der Waals surface area contributed by atoms with Crippen LogP contribution < -0.4 is 11.1 Å². The first kappa shape index (κ1) is 12.3. The van der Waals surface area contributed by atoms with Crippen LogP contribution >= 0.6 is 0 Å². The summed E-state index contributed by atoms with van der Waals surface area (Å²) in [4.78, 5) is 2.59. The second-order valence-corrected chi connectivity index (χ2v) is 5.60. The topological polar surface area (TPSA) is 65.1 Å². The van der Waals surface area contributed by atoms with Crippen LogP contribution in [0.5, 0.6) is 0 Å². The molecule has 2 aliphatic rings. The Kier molecular flexibility index (Phi) is 3.31. The van der Waals surface area contributed by atoms with Gasteiger partial charge in [0.2, 0.25) is 0 Å². The fourth-order valence-corrected chi connectivity index (χ4v) is 2.85. The fourth-order valence-electron chi connectivity index (χ4n) is 2.85. The van der Waals surface area contributed by atoms with Gasteiger partial charge in [0.1, 0.15) is 0 Å². The predicted octanol–water partition coefficient (Wildman–Crippen LogP) is 1.98. The van der Waals surface area contributed by atoms with E-state index in [1.54, 1.807) is 0 Å². The fraction of sp³-hybridized carbons (Fsp3) is 0.533. The van der Waals surface area contributed by atoms with E-state index in [4.69, 9.17) is 11.0 Å². The largest absolute Gasteiger partial charge is 0.398 e. The highest BCUT2D eigenvalue weighted by Gasteiger charge is 2.34. The summed E-state index contributed by atoms with van der Waals surface area (Å²) in [6, 6.07) is 9.45. The molecule has 0 aromatic heterocycles. The summed E-state index contributed by atoms with van der Waals surface area (Å²) in [5, 5.41) is 12.4. The number of rotatable bonds is 4. The molecule has 1 saturated carbocycles. The normalized spacial score (nSPS) is 23.2. The maximum atomic E-state index is 8.79. The molecule has 1 aliphatic heterocycles. The molecule has 1 atom stereocenters. The number of likely N-dealkylation sites (tertiary alicyclic amines) is 1. The maximum Gasteiger partial charge on any atom is 0.0670 e. The number of anilines is 2. The van der Waals surface area contributed by atoms with Crippen LogP contribution in [0.3, 0.4) is 0 Å². The number of hydrogen-bond acceptors (Lipinski definition) is 4. The smallest absolute Gasteiger partial charge is 0.0670 e. The summed E-state index contributed by atoms with van der Waals surface area (Å²) in [5.74, 6) is 0. The van der Waals surface area contributed by atoms with Crippen molar-refractivity contribution in [1.29, 1.82) is 5.26 Å². The monoisotopic (exact) mass is 256 g/mol. The van der Waals surface area contributed by atoms with Gasteiger partial charge in [-0.05, 0) is 43.0 Å². The van der Waals surface area contributed by atoms with Gasteiger partial charge >= 0.3 is 0 Å². The Labute approximate surface area is 114 Å². The van der Waals surface area contributed by atoms with Crippen LogP contribution in [0.4, 0.5) is 11.4 Å². The van der Waals surface area contributed by atoms with Crippen molar-refractivity contribution in [1.82, 2.24) is 4.90 Å². The highest BCUT2D eigenvalue weighted by Crippen LogP contribution is 2.30. The SMILES string of the molecule is N#CCc1cc(NC2CCN(C3CC3)C2)ccc1N. The summed E-state index contributed by atoms with van der Waals surface area (Å²) in [7, 11) is 0. The highest BCUT2D eigenvalue weighted by molar-refractivity contribution is 5.58. The molecule has 4 heteroatoms. The number of nitriles is 1. The lowest BCUT2D eigenvalue weighted by Gasteiger charge is -2.17. The van der Waals surface area contributed by atoms with E-state index in [9.17, 15) is 0 Å². The standard InChI is InChI=1S/C15H20N4/c16-7-5-11-9-12(1-4-15(11)17)18-13-6-8-19(10-13)14-2-3-14/h1,4,9,13-14,18H,2-3,5-6,8,10,17H2. The molecule has 1 aromatic rings. The number of nitrogens with two attached hydrogens (primary N) is 1. The van der Waals surface area contributed by atoms with Gasteiger partial charge in [0.15, 0.2) is 0 Å². The Morgan fingerprint density at radius 1 is 1.37 bits per heavy atom. The van der Waals surface area contributed by atoms with Gasteiger partial charge in [0.25, 0.3) is 0 Å². The van der Waals surface area contributed by atoms with Crippen LogP contribution in [0.1, 0.15) is 24.8 Å². The Morgan fingerprint density at radius 3 is 2.95 bits per heavy atom. The Bertz CT molecular complexity index is 501. The lowest BCUT2D eigenvalue weighted by atomic mass is 10.1. The first-order valence-electron chi connectivity index (χ1n) is 7.02. The predicted molar refractivity (Wildman–Crippen MR) is 76.8 cm³/mol. The second-order valence-electron chi connectivity index (χ2n) is 5.60. The van der Waals surface area contributed by atoms with Crippen molar-refractivity contribution in [2.24, 2.45) is 0 Å². The van der Waals surface area contributed by atoms with E-state index in [0.717, 1.165) is 23.8 Å². The molecule has 0 spiro atoms. The molecule has 0 amide bonds. The lowest BCUT2D eigenvalue weighted by Crippen LogP contribution is -2.27. The van der Waals surface area contributed by atoms with Crippen molar-refractivity contribution in [3.05, 3.63) is 23.8 Å². The first-order chi connectivity index (χ1) is 9.26. The summed E-state index contributed by atoms with van der Waals surface area (Å²) in [5.41, 5.74) is 8.58. The molecule has 1 heterocycles. The third-order valence-electron chi connectivity index (χ3n) is 4.07. The van der Waals surface area contributed by atoms with Crippen LogP contribution in [0.2, 0.25) is 0 Å². The van der Waals surface area contributed by atoms with Crippen LogP contribution in [0.15, 0.2) is 18.2 Å². The van der Waals surface area contributed by atoms with Crippen LogP contribution in [0.25, 0.3) is 0 Å². The van der Waals surface area contributed by atoms with E-state index < -0.39 is 0 Å². The quantitative estimate of drug-likeness (QED) is 0.809. The van der Waals surface area contributed by atoms with Gasteiger partial charge in [-0.3, -0.25) is 4.90 Å². The molecule has 1 unspecified atom stereocenters. The van der Waals surface area contributed by atoms with Gasteiger partial charge in [-0.1, -0.05) is 0 Å². The van der Waals surface area contributed by atoms with E-state index >= 15 is 0 Å². The molecule has 3 N–H and O–H groups in total. The van der Waals surface area contributed by atoms with Gasteiger partial charge in [-0.2, -0.15) is 5.26 Å². The van der Waals surface area contributed by atoms with Crippen molar-refractivity contribution in [3.63, 3.8) is 0 Å². The summed E-state index contributed by atoms with van der Waals surface area (Å²) >= 11 is 0. The van der Waals surface area contributed by atoms with Crippen LogP contribution in [0, 0.1) is 11.3 Å². The highest BCUT2D eigenvalue weighted by atomic mass is 15.2. The van der Waals surface area contributed by atoms with Crippen molar-refractivity contribution in [2.45, 2.75) is 37.8 Å². The minimum absolute atomic E-state index is 0.375. The molecule has 0 radical (unpaired) electrons. The van der Waals surface area contributed by atoms with E-state index in [1.165, 1.54) is 25.8 Å². The Morgan fingerprint density at radius 2 is 2.21 bits per heavy atom. The number of hydrogen-bond donors (Lipinski definition) is 2. The van der Waals surface area contributed by atoms with Gasteiger partial charge < -0.3 is 11.1 Å². The Hall–Kier alpha value is -1.73. The van der Waals surface area contributed by atoms with Crippen LogP contribution in [-0.4, -0.2) is 30.1 Å². The van der Waals surface area contributed by atoms with Crippen molar-refractivity contribution in [3.8, 4) is 6.07 Å². The van der Waals surface area contributed by atoms with E-state index in [2.05, 4.69) is 16.3 Å². The zero-order chi connectivity index (χ0) is 13.2. The summed E-state index contributed by atoms with van der Waals surface area (Å²) < 4.78 is 0. The van der Waals surface area contributed by atoms with Gasteiger partial charge in [0.05, 0.1) is 12.5 Å². The lowest BCUT2D eigenvalue weighted by molar-refractivity contribution is 0.326. The van der Waals surface area contributed by atoms with Gasteiger partial charge in [-0.25, -0.2) is 0 Å².